The molecule has 0 atom stereocenters. The Morgan fingerprint density at radius 2 is 2.10 bits per heavy atom. The zero-order chi connectivity index (χ0) is 15.2. The number of nitrogens with two attached hydrogens (primary N) is 1. The second-order valence-electron chi connectivity index (χ2n) is 5.67. The van der Waals surface area contributed by atoms with E-state index in [1.807, 2.05) is 0 Å². The molecule has 6 nitrogen and oxygen atoms in total. The molecule has 0 spiro atoms. The Labute approximate surface area is 130 Å². The molecule has 1 fully saturated rings. The van der Waals surface area contributed by atoms with Crippen molar-refractivity contribution in [2.75, 3.05) is 50.9 Å². The molecule has 7 heteroatoms. The molecule has 21 heavy (non-hydrogen) atoms. The van der Waals surface area contributed by atoms with Gasteiger partial charge in [-0.2, -0.15) is 0 Å². The van der Waals surface area contributed by atoms with E-state index >= 15 is 0 Å². The number of nitrogens with one attached hydrogen (secondary N) is 1. The largest absolute Gasteiger partial charge is 0.382 e. The second-order valence-corrected chi connectivity index (χ2v) is 6.65. The molecule has 0 bridgehead atoms. The van der Waals surface area contributed by atoms with E-state index in [1.165, 1.54) is 24.2 Å². The van der Waals surface area contributed by atoms with Gasteiger partial charge in [0.1, 0.15) is 10.7 Å². The number of unbranched alkanes of at least 4 members (excludes halogenated alkanes) is 1. The van der Waals surface area contributed by atoms with Crippen LogP contribution in [0.5, 0.6) is 0 Å². The minimum absolute atomic E-state index is 0.0969. The number of aromatic nitrogens is 1. The Morgan fingerprint density at radius 1 is 1.38 bits per heavy atom. The number of carbonyl (C=O) groups is 1. The van der Waals surface area contributed by atoms with Gasteiger partial charge in [0, 0.05) is 19.6 Å². The highest BCUT2D eigenvalue weighted by atomic mass is 32.1. The fourth-order valence-corrected chi connectivity index (χ4v) is 3.32. The number of rotatable bonds is 7. The van der Waals surface area contributed by atoms with Crippen LogP contribution in [0.25, 0.3) is 0 Å². The average Bonchev–Trinajstić information content (AvgIpc) is 3.06. The van der Waals surface area contributed by atoms with Gasteiger partial charge in [-0.15, -0.1) is 0 Å². The van der Waals surface area contributed by atoms with Gasteiger partial charge in [-0.25, -0.2) is 4.98 Å². The Bertz CT molecular complexity index is 468. The number of hydrogen-bond donors (Lipinski definition) is 2. The lowest BCUT2D eigenvalue weighted by molar-refractivity contribution is 0.0957. The van der Waals surface area contributed by atoms with Gasteiger partial charge in [-0.3, -0.25) is 4.79 Å². The van der Waals surface area contributed by atoms with E-state index in [0.29, 0.717) is 17.2 Å². The van der Waals surface area contributed by atoms with Crippen molar-refractivity contribution < 1.29 is 4.79 Å². The first-order valence-electron chi connectivity index (χ1n) is 7.52. The molecule has 3 N–H and O–H groups in total. The van der Waals surface area contributed by atoms with Crippen molar-refractivity contribution in [3.63, 3.8) is 0 Å². The quantitative estimate of drug-likeness (QED) is 0.745. The minimum atomic E-state index is -0.0969. The van der Waals surface area contributed by atoms with Gasteiger partial charge in [0.15, 0.2) is 5.13 Å². The zero-order valence-electron chi connectivity index (χ0n) is 12.9. The van der Waals surface area contributed by atoms with Crippen LogP contribution in [0.3, 0.4) is 0 Å². The van der Waals surface area contributed by atoms with Crippen molar-refractivity contribution in [1.29, 1.82) is 0 Å². The molecule has 1 amide bonds. The van der Waals surface area contributed by atoms with Crippen LogP contribution in [-0.2, 0) is 0 Å². The maximum absolute atomic E-state index is 12.1. The summed E-state index contributed by atoms with van der Waals surface area (Å²) in [7, 11) is 4.10. The number of carbonyl (C=O) groups excluding carboxylic acids is 1. The number of anilines is 2. The molecule has 1 aliphatic rings. The first kappa shape index (κ1) is 16.0. The van der Waals surface area contributed by atoms with Crippen molar-refractivity contribution in [2.45, 2.75) is 25.7 Å². The fraction of sp³-hybridized carbons (Fsp3) is 0.714. The maximum atomic E-state index is 12.1. The predicted octanol–water partition coefficient (Wildman–Crippen LogP) is 1.40. The van der Waals surface area contributed by atoms with Crippen LogP contribution in [0, 0.1) is 0 Å². The molecule has 0 radical (unpaired) electrons. The summed E-state index contributed by atoms with van der Waals surface area (Å²) in [6, 6.07) is 0. The van der Waals surface area contributed by atoms with Crippen molar-refractivity contribution in [2.24, 2.45) is 0 Å². The molecule has 1 aromatic rings. The monoisotopic (exact) mass is 311 g/mol. The van der Waals surface area contributed by atoms with E-state index in [2.05, 4.69) is 34.2 Å². The second kappa shape index (κ2) is 7.61. The average molecular weight is 311 g/mol. The number of amides is 1. The van der Waals surface area contributed by atoms with Gasteiger partial charge in [-0.05, 0) is 46.3 Å². The third kappa shape index (κ3) is 4.57. The van der Waals surface area contributed by atoms with Gasteiger partial charge in [-0.1, -0.05) is 11.3 Å². The summed E-state index contributed by atoms with van der Waals surface area (Å²) in [5.74, 6) is 0.257. The molecule has 118 valence electrons. The van der Waals surface area contributed by atoms with Gasteiger partial charge < -0.3 is 20.9 Å². The molecule has 0 unspecified atom stereocenters. The van der Waals surface area contributed by atoms with E-state index in [1.54, 1.807) is 0 Å². The highest BCUT2D eigenvalue weighted by Crippen LogP contribution is 2.30. The third-order valence-corrected chi connectivity index (χ3v) is 4.67. The standard InChI is InChI=1S/C14H25N5OS/c1-18(2)8-4-3-7-16-13(20)11-12(15)17-14(21-11)19-9-5-6-10-19/h3-10,15H2,1-2H3,(H,16,20). The van der Waals surface area contributed by atoms with E-state index in [4.69, 9.17) is 5.73 Å². The molecular formula is C14H25N5OS. The Hall–Kier alpha value is -1.34. The van der Waals surface area contributed by atoms with E-state index in [-0.39, 0.29) is 5.91 Å². The lowest BCUT2D eigenvalue weighted by Gasteiger charge is -2.11. The molecule has 2 rings (SSSR count). The summed E-state index contributed by atoms with van der Waals surface area (Å²) < 4.78 is 0. The topological polar surface area (TPSA) is 74.5 Å². The Morgan fingerprint density at radius 3 is 2.76 bits per heavy atom. The highest BCUT2D eigenvalue weighted by Gasteiger charge is 2.21. The third-order valence-electron chi connectivity index (χ3n) is 3.54. The van der Waals surface area contributed by atoms with Crippen molar-refractivity contribution in [3.8, 4) is 0 Å². The number of hydrogen-bond acceptors (Lipinski definition) is 6. The lowest BCUT2D eigenvalue weighted by Crippen LogP contribution is -2.25. The Kier molecular flexibility index (Phi) is 5.81. The van der Waals surface area contributed by atoms with E-state index < -0.39 is 0 Å². The summed E-state index contributed by atoms with van der Waals surface area (Å²) in [4.78, 5) is 21.4. The normalized spacial score (nSPS) is 14.9. The van der Waals surface area contributed by atoms with Gasteiger partial charge in [0.25, 0.3) is 5.91 Å². The van der Waals surface area contributed by atoms with E-state index in [9.17, 15) is 4.79 Å². The highest BCUT2D eigenvalue weighted by molar-refractivity contribution is 7.18. The smallest absolute Gasteiger partial charge is 0.265 e. The van der Waals surface area contributed by atoms with Crippen molar-refractivity contribution in [3.05, 3.63) is 4.88 Å². The summed E-state index contributed by atoms with van der Waals surface area (Å²) in [5.41, 5.74) is 5.89. The fourth-order valence-electron chi connectivity index (χ4n) is 2.36. The summed E-state index contributed by atoms with van der Waals surface area (Å²) in [5, 5.41) is 3.81. The van der Waals surface area contributed by atoms with Gasteiger partial charge in [0.2, 0.25) is 0 Å². The van der Waals surface area contributed by atoms with Crippen LogP contribution in [0.1, 0.15) is 35.4 Å². The van der Waals surface area contributed by atoms with Crippen LogP contribution < -0.4 is 16.0 Å². The lowest BCUT2D eigenvalue weighted by atomic mass is 10.3. The molecule has 1 saturated heterocycles. The van der Waals surface area contributed by atoms with Crippen LogP contribution in [0.2, 0.25) is 0 Å². The molecule has 1 aliphatic heterocycles. The SMILES string of the molecule is CN(C)CCCCNC(=O)c1sc(N2CCCC2)nc1N. The first-order valence-corrected chi connectivity index (χ1v) is 8.34. The van der Waals surface area contributed by atoms with Gasteiger partial charge in [0.05, 0.1) is 0 Å². The maximum Gasteiger partial charge on any atom is 0.265 e. The van der Waals surface area contributed by atoms with Gasteiger partial charge >= 0.3 is 0 Å². The van der Waals surface area contributed by atoms with Crippen LogP contribution in [0.4, 0.5) is 10.9 Å². The molecule has 0 aliphatic carbocycles. The number of nitrogens with zero attached hydrogens (tertiary/aromatic N) is 3. The van der Waals surface area contributed by atoms with E-state index in [0.717, 1.165) is 37.6 Å². The van der Waals surface area contributed by atoms with Crippen LogP contribution >= 0.6 is 11.3 Å². The van der Waals surface area contributed by atoms with Crippen LogP contribution in [-0.4, -0.2) is 56.1 Å². The molecule has 1 aromatic heterocycles. The number of nitrogen functional groups attached to an aromatic ring is 1. The van der Waals surface area contributed by atoms with Crippen molar-refractivity contribution >= 4 is 28.2 Å². The summed E-state index contributed by atoms with van der Waals surface area (Å²) in [6.45, 7) is 3.75. The van der Waals surface area contributed by atoms with Crippen molar-refractivity contribution in [1.82, 2.24) is 15.2 Å². The zero-order valence-corrected chi connectivity index (χ0v) is 13.7. The molecule has 0 aromatic carbocycles. The first-order chi connectivity index (χ1) is 10.1. The number of thiazole rings is 1. The molecular weight excluding hydrogens is 286 g/mol. The predicted molar refractivity (Wildman–Crippen MR) is 88.1 cm³/mol. The molecule has 0 saturated carbocycles. The van der Waals surface area contributed by atoms with Crippen LogP contribution in [0.15, 0.2) is 0 Å². The summed E-state index contributed by atoms with van der Waals surface area (Å²) >= 11 is 1.40. The Balaban J connectivity index is 1.81. The minimum Gasteiger partial charge on any atom is -0.382 e. The summed E-state index contributed by atoms with van der Waals surface area (Å²) in [6.07, 6.45) is 4.42. The molecule has 2 heterocycles.